The number of nitrogens with zero attached hydrogens (tertiary/aromatic N) is 1. The zero-order valence-corrected chi connectivity index (χ0v) is 13.5. The maximum absolute atomic E-state index is 11.9. The van der Waals surface area contributed by atoms with E-state index in [9.17, 15) is 4.79 Å². The summed E-state index contributed by atoms with van der Waals surface area (Å²) in [4.78, 5) is 13.6. The van der Waals surface area contributed by atoms with E-state index in [0.717, 1.165) is 17.1 Å². The summed E-state index contributed by atoms with van der Waals surface area (Å²) in [7, 11) is 0. The van der Waals surface area contributed by atoms with Crippen LogP contribution >= 0.6 is 23.2 Å². The van der Waals surface area contributed by atoms with Crippen molar-refractivity contribution in [1.29, 1.82) is 0 Å². The zero-order chi connectivity index (χ0) is 15.8. The molecule has 0 fully saturated rings. The quantitative estimate of drug-likeness (QED) is 0.434. The average molecular weight is 342 g/mol. The number of carbonyl (C=O) groups is 1. The van der Waals surface area contributed by atoms with Gasteiger partial charge in [-0.25, -0.2) is 0 Å². The van der Waals surface area contributed by atoms with Crippen molar-refractivity contribution in [3.63, 3.8) is 0 Å². The number of halogens is 2. The van der Waals surface area contributed by atoms with Crippen molar-refractivity contribution in [3.8, 4) is 11.5 Å². The van der Waals surface area contributed by atoms with E-state index >= 15 is 0 Å². The molecular weight excluding hydrogens is 325 g/mol. The second-order valence-electron chi connectivity index (χ2n) is 4.53. The number of ether oxygens (including phenoxy) is 2. The molecule has 1 aromatic rings. The Morgan fingerprint density at radius 1 is 1.14 bits per heavy atom. The lowest BCUT2D eigenvalue weighted by Gasteiger charge is -2.18. The van der Waals surface area contributed by atoms with Gasteiger partial charge in [0, 0.05) is 30.9 Å². The molecule has 1 amide bonds. The van der Waals surface area contributed by atoms with Crippen LogP contribution in [-0.2, 0) is 4.79 Å². The molecule has 0 saturated carbocycles. The zero-order valence-electron chi connectivity index (χ0n) is 12.0. The molecule has 0 spiro atoms. The third-order valence-corrected chi connectivity index (χ3v) is 3.39. The maximum Gasteiger partial charge on any atom is 0.246 e. The maximum atomic E-state index is 11.9. The van der Waals surface area contributed by atoms with Crippen LogP contribution in [0.15, 0.2) is 36.4 Å². The number of hydrogen-bond donors (Lipinski definition) is 0. The Kier molecular flexibility index (Phi) is 6.62. The van der Waals surface area contributed by atoms with Crippen LogP contribution in [0.2, 0.25) is 0 Å². The molecule has 4 nitrogen and oxygen atoms in total. The number of carbonyl (C=O) groups excluding carboxylic acids is 1. The topological polar surface area (TPSA) is 38.8 Å². The largest absolute Gasteiger partial charge is 0.454 e. The summed E-state index contributed by atoms with van der Waals surface area (Å²) in [6, 6.07) is 5.67. The first-order valence-electron chi connectivity index (χ1n) is 6.90. The first kappa shape index (κ1) is 16.7. The lowest BCUT2D eigenvalue weighted by atomic mass is 10.2. The van der Waals surface area contributed by atoms with Crippen LogP contribution in [0.5, 0.6) is 11.5 Å². The normalized spacial score (nSPS) is 13.2. The first-order chi connectivity index (χ1) is 10.7. The van der Waals surface area contributed by atoms with Gasteiger partial charge in [-0.2, -0.15) is 0 Å². The number of fused-ring (bicyclic) bond motifs is 1. The fourth-order valence-corrected chi connectivity index (χ4v) is 2.37. The number of amides is 1. The molecule has 0 unspecified atom stereocenters. The van der Waals surface area contributed by atoms with E-state index in [1.54, 1.807) is 17.1 Å². The number of rotatable bonds is 7. The molecule has 22 heavy (non-hydrogen) atoms. The Bertz CT molecular complexity index is 567. The number of benzene rings is 1. The summed E-state index contributed by atoms with van der Waals surface area (Å²) in [6.45, 7) is 1.24. The molecule has 0 atom stereocenters. The number of hydrogen-bond acceptors (Lipinski definition) is 3. The van der Waals surface area contributed by atoms with Gasteiger partial charge in [0.1, 0.15) is 0 Å². The van der Waals surface area contributed by atoms with Crippen molar-refractivity contribution in [1.82, 2.24) is 4.90 Å². The predicted molar refractivity (Wildman–Crippen MR) is 88.8 cm³/mol. The van der Waals surface area contributed by atoms with E-state index in [1.807, 2.05) is 24.3 Å². The summed E-state index contributed by atoms with van der Waals surface area (Å²) in [5, 5.41) is 0. The van der Waals surface area contributed by atoms with Crippen LogP contribution in [-0.4, -0.2) is 42.4 Å². The SMILES string of the molecule is O=C(/C=C/C=Cc1ccc2c(c1)OCO2)N(CCCl)CCCl. The minimum Gasteiger partial charge on any atom is -0.454 e. The molecule has 1 aliphatic heterocycles. The van der Waals surface area contributed by atoms with E-state index in [4.69, 9.17) is 32.7 Å². The van der Waals surface area contributed by atoms with Gasteiger partial charge in [-0.15, -0.1) is 23.2 Å². The molecule has 0 aromatic heterocycles. The van der Waals surface area contributed by atoms with Gasteiger partial charge < -0.3 is 14.4 Å². The second kappa shape index (κ2) is 8.71. The van der Waals surface area contributed by atoms with Crippen LogP contribution in [0, 0.1) is 0 Å². The lowest BCUT2D eigenvalue weighted by molar-refractivity contribution is -0.125. The Morgan fingerprint density at radius 2 is 1.86 bits per heavy atom. The summed E-state index contributed by atoms with van der Waals surface area (Å²) in [6.07, 6.45) is 6.89. The minimum absolute atomic E-state index is 0.100. The molecular formula is C16H17Cl2NO3. The van der Waals surface area contributed by atoms with E-state index in [-0.39, 0.29) is 12.7 Å². The average Bonchev–Trinajstić information content (AvgIpc) is 2.98. The van der Waals surface area contributed by atoms with E-state index in [2.05, 4.69) is 0 Å². The highest BCUT2D eigenvalue weighted by molar-refractivity contribution is 6.18. The number of allylic oxidation sites excluding steroid dienone is 2. The molecule has 2 rings (SSSR count). The minimum atomic E-state index is -0.100. The van der Waals surface area contributed by atoms with Crippen molar-refractivity contribution >= 4 is 35.2 Å². The standard InChI is InChI=1S/C16H17Cl2NO3/c17-7-9-19(10-8-18)16(20)4-2-1-3-13-5-6-14-15(11-13)22-12-21-14/h1-6,11H,7-10,12H2/b3-1?,4-2+. The lowest BCUT2D eigenvalue weighted by Crippen LogP contribution is -2.33. The van der Waals surface area contributed by atoms with Crippen LogP contribution in [0.25, 0.3) is 6.08 Å². The molecule has 0 N–H and O–H groups in total. The fourth-order valence-electron chi connectivity index (χ4n) is 1.96. The van der Waals surface area contributed by atoms with Crippen LogP contribution in [0.3, 0.4) is 0 Å². The molecule has 1 aliphatic rings. The van der Waals surface area contributed by atoms with Gasteiger partial charge in [0.15, 0.2) is 11.5 Å². The van der Waals surface area contributed by atoms with E-state index in [1.165, 1.54) is 6.08 Å². The summed E-state index contributed by atoms with van der Waals surface area (Å²) < 4.78 is 10.6. The fraction of sp³-hybridized carbons (Fsp3) is 0.312. The summed E-state index contributed by atoms with van der Waals surface area (Å²) in [5.74, 6) is 2.17. The molecule has 1 heterocycles. The van der Waals surface area contributed by atoms with Gasteiger partial charge in [-0.1, -0.05) is 24.3 Å². The Morgan fingerprint density at radius 3 is 2.59 bits per heavy atom. The van der Waals surface area contributed by atoms with Gasteiger partial charge in [-0.3, -0.25) is 4.79 Å². The van der Waals surface area contributed by atoms with Crippen LogP contribution in [0.4, 0.5) is 0 Å². The molecule has 118 valence electrons. The Hall–Kier alpha value is -1.65. The predicted octanol–water partition coefficient (Wildman–Crippen LogP) is 3.29. The molecule has 0 bridgehead atoms. The van der Waals surface area contributed by atoms with Crippen LogP contribution < -0.4 is 9.47 Å². The van der Waals surface area contributed by atoms with Gasteiger partial charge in [0.25, 0.3) is 0 Å². The smallest absolute Gasteiger partial charge is 0.246 e. The Labute approximate surface area is 139 Å². The highest BCUT2D eigenvalue weighted by Gasteiger charge is 2.12. The highest BCUT2D eigenvalue weighted by Crippen LogP contribution is 2.32. The second-order valence-corrected chi connectivity index (χ2v) is 5.29. The third kappa shape index (κ3) is 4.68. The van der Waals surface area contributed by atoms with Crippen molar-refractivity contribution in [2.45, 2.75) is 0 Å². The third-order valence-electron chi connectivity index (χ3n) is 3.06. The van der Waals surface area contributed by atoms with Gasteiger partial charge >= 0.3 is 0 Å². The van der Waals surface area contributed by atoms with Crippen molar-refractivity contribution in [2.75, 3.05) is 31.6 Å². The highest BCUT2D eigenvalue weighted by atomic mass is 35.5. The van der Waals surface area contributed by atoms with E-state index in [0.29, 0.717) is 24.8 Å². The molecule has 1 aromatic carbocycles. The molecule has 6 heteroatoms. The van der Waals surface area contributed by atoms with Crippen molar-refractivity contribution in [3.05, 3.63) is 42.0 Å². The van der Waals surface area contributed by atoms with Crippen LogP contribution in [0.1, 0.15) is 5.56 Å². The van der Waals surface area contributed by atoms with Crippen molar-refractivity contribution < 1.29 is 14.3 Å². The van der Waals surface area contributed by atoms with Crippen molar-refractivity contribution in [2.24, 2.45) is 0 Å². The van der Waals surface area contributed by atoms with Gasteiger partial charge in [0.2, 0.25) is 12.7 Å². The monoisotopic (exact) mass is 341 g/mol. The first-order valence-corrected chi connectivity index (χ1v) is 7.96. The molecule has 0 aliphatic carbocycles. The Balaban J connectivity index is 1.92. The van der Waals surface area contributed by atoms with E-state index < -0.39 is 0 Å². The number of alkyl halides is 2. The summed E-state index contributed by atoms with van der Waals surface area (Å²) in [5.41, 5.74) is 0.972. The molecule has 0 radical (unpaired) electrons. The van der Waals surface area contributed by atoms with Gasteiger partial charge in [0.05, 0.1) is 0 Å². The summed E-state index contributed by atoms with van der Waals surface area (Å²) >= 11 is 11.3. The molecule has 0 saturated heterocycles. The van der Waals surface area contributed by atoms with Gasteiger partial charge in [-0.05, 0) is 17.7 Å².